The van der Waals surface area contributed by atoms with E-state index >= 15 is 0 Å². The molecule has 0 aliphatic rings. The highest BCUT2D eigenvalue weighted by Crippen LogP contribution is 2.35. The largest absolute Gasteiger partial charge is 0.506 e. The number of rotatable bonds is 8. The van der Waals surface area contributed by atoms with Crippen LogP contribution in [0.2, 0.25) is 25.7 Å². The number of aliphatic hydroxyl groups excluding tert-OH is 1. The summed E-state index contributed by atoms with van der Waals surface area (Å²) in [7, 11) is -1.07. The topological polar surface area (TPSA) is 71.8 Å². The molecule has 0 bridgehead atoms. The fraction of sp³-hybridized carbons (Fsp3) is 0.706. The van der Waals surface area contributed by atoms with E-state index in [9.17, 15) is 10.2 Å². The average molecular weight is 342 g/mol. The third-order valence-electron chi connectivity index (χ3n) is 3.45. The quantitative estimate of drug-likeness (QED) is 0.428. The zero-order valence-electron chi connectivity index (χ0n) is 15.2. The van der Waals surface area contributed by atoms with Gasteiger partial charge in [0.2, 0.25) is 0 Å². The van der Waals surface area contributed by atoms with Gasteiger partial charge in [-0.05, 0) is 23.6 Å². The monoisotopic (exact) mass is 341 g/mol. The summed E-state index contributed by atoms with van der Waals surface area (Å²) in [6.45, 7) is 13.8. The molecule has 1 rings (SSSR count). The smallest absolute Gasteiger partial charge is 0.147 e. The van der Waals surface area contributed by atoms with E-state index in [-0.39, 0.29) is 19.1 Å². The van der Waals surface area contributed by atoms with E-state index in [2.05, 4.69) is 24.6 Å². The molecule has 6 heteroatoms. The van der Waals surface area contributed by atoms with Crippen LogP contribution in [0.15, 0.2) is 12.1 Å². The zero-order valence-corrected chi connectivity index (χ0v) is 16.2. The van der Waals surface area contributed by atoms with Gasteiger partial charge in [0.15, 0.2) is 0 Å². The number of pyridine rings is 1. The van der Waals surface area contributed by atoms with Gasteiger partial charge in [-0.3, -0.25) is 0 Å². The number of nitrogens with zero attached hydrogens (tertiary/aromatic N) is 1. The molecule has 0 aliphatic heterocycles. The minimum absolute atomic E-state index is 0.00237. The normalized spacial score (nSPS) is 14.0. The highest BCUT2D eigenvalue weighted by Gasteiger charge is 2.27. The van der Waals surface area contributed by atoms with Crippen LogP contribution >= 0.6 is 0 Å². The Labute approximate surface area is 140 Å². The van der Waals surface area contributed by atoms with Crippen LogP contribution in [0, 0.1) is 5.41 Å². The molecule has 132 valence electrons. The van der Waals surface area contributed by atoms with Crippen LogP contribution in [0.4, 0.5) is 0 Å². The maximum atomic E-state index is 10.3. The van der Waals surface area contributed by atoms with Crippen molar-refractivity contribution in [3.8, 4) is 5.75 Å². The molecule has 0 amide bonds. The van der Waals surface area contributed by atoms with Crippen molar-refractivity contribution in [1.29, 1.82) is 0 Å². The molecule has 0 aliphatic carbocycles. The molecular formula is C17H31NO4Si. The Morgan fingerprint density at radius 1 is 1.17 bits per heavy atom. The van der Waals surface area contributed by atoms with Gasteiger partial charge in [0.1, 0.15) is 24.3 Å². The van der Waals surface area contributed by atoms with Crippen molar-refractivity contribution in [3.05, 3.63) is 23.5 Å². The van der Waals surface area contributed by atoms with E-state index in [4.69, 9.17) is 9.47 Å². The summed E-state index contributed by atoms with van der Waals surface area (Å²) in [5.41, 5.74) is 0.553. The lowest BCUT2D eigenvalue weighted by atomic mass is 9.86. The second-order valence-corrected chi connectivity index (χ2v) is 13.8. The maximum absolute atomic E-state index is 10.3. The molecule has 1 aromatic rings. The average Bonchev–Trinajstić information content (AvgIpc) is 2.41. The van der Waals surface area contributed by atoms with Gasteiger partial charge in [-0.2, -0.15) is 0 Å². The summed E-state index contributed by atoms with van der Waals surface area (Å²) in [4.78, 5) is 4.32. The zero-order chi connectivity index (χ0) is 17.7. The van der Waals surface area contributed by atoms with Crippen LogP contribution in [0.25, 0.3) is 0 Å². The van der Waals surface area contributed by atoms with Gasteiger partial charge in [-0.25, -0.2) is 4.98 Å². The summed E-state index contributed by atoms with van der Waals surface area (Å²) in [5.74, 6) is 0.00237. The van der Waals surface area contributed by atoms with Crippen molar-refractivity contribution in [2.75, 3.05) is 13.4 Å². The van der Waals surface area contributed by atoms with Crippen LogP contribution in [0.5, 0.6) is 5.75 Å². The second-order valence-electron chi connectivity index (χ2n) is 8.16. The molecule has 0 saturated heterocycles. The Morgan fingerprint density at radius 2 is 1.83 bits per heavy atom. The molecule has 0 spiro atoms. The number of aromatic hydroxyl groups is 1. The fourth-order valence-corrected chi connectivity index (χ4v) is 2.60. The maximum Gasteiger partial charge on any atom is 0.147 e. The van der Waals surface area contributed by atoms with Gasteiger partial charge in [0.05, 0.1) is 12.3 Å². The first kappa shape index (κ1) is 20.1. The van der Waals surface area contributed by atoms with Crippen LogP contribution in [-0.4, -0.2) is 36.7 Å². The van der Waals surface area contributed by atoms with E-state index in [1.165, 1.54) is 0 Å². The van der Waals surface area contributed by atoms with Gasteiger partial charge >= 0.3 is 0 Å². The third kappa shape index (κ3) is 7.43. The van der Waals surface area contributed by atoms with Crippen LogP contribution < -0.4 is 0 Å². The van der Waals surface area contributed by atoms with E-state index in [0.717, 1.165) is 6.04 Å². The minimum Gasteiger partial charge on any atom is -0.506 e. The molecule has 0 aromatic carbocycles. The standard InChI is InChI=1S/C17H31NO4Si/c1-17(2,3)16(20)15-14(19)8-7-13(18-15)11-22-12-21-9-10-23(4,5)6/h7-8,16,19-20H,9-12H2,1-6H3. The first-order chi connectivity index (χ1) is 10.5. The number of aliphatic hydroxyl groups is 1. The van der Waals surface area contributed by atoms with Crippen LogP contribution in [0.1, 0.15) is 38.3 Å². The Kier molecular flexibility index (Phi) is 7.19. The lowest BCUT2D eigenvalue weighted by molar-refractivity contribution is -0.0584. The Bertz CT molecular complexity index is 494. The van der Waals surface area contributed by atoms with E-state index < -0.39 is 19.6 Å². The van der Waals surface area contributed by atoms with Gasteiger partial charge in [0.25, 0.3) is 0 Å². The first-order valence-corrected chi connectivity index (χ1v) is 11.7. The van der Waals surface area contributed by atoms with E-state index in [1.54, 1.807) is 12.1 Å². The summed E-state index contributed by atoms with van der Waals surface area (Å²) in [6.07, 6.45) is -0.838. The number of hydrogen-bond donors (Lipinski definition) is 2. The fourth-order valence-electron chi connectivity index (χ4n) is 1.84. The number of hydrogen-bond acceptors (Lipinski definition) is 5. The van der Waals surface area contributed by atoms with Crippen molar-refractivity contribution in [3.63, 3.8) is 0 Å². The predicted octanol–water partition coefficient (Wildman–Crippen LogP) is 3.70. The molecule has 0 radical (unpaired) electrons. The van der Waals surface area contributed by atoms with Gasteiger partial charge < -0.3 is 19.7 Å². The molecule has 0 fully saturated rings. The van der Waals surface area contributed by atoms with Crippen molar-refractivity contribution < 1.29 is 19.7 Å². The van der Waals surface area contributed by atoms with Crippen molar-refractivity contribution in [1.82, 2.24) is 4.98 Å². The highest BCUT2D eigenvalue weighted by atomic mass is 28.3. The molecular weight excluding hydrogens is 310 g/mol. The SMILES string of the molecule is CC(C)(C)C(O)c1nc(COCOCC[Si](C)(C)C)ccc1O. The first-order valence-electron chi connectivity index (χ1n) is 8.03. The Balaban J connectivity index is 2.50. The molecule has 1 unspecified atom stereocenters. The molecule has 0 saturated carbocycles. The summed E-state index contributed by atoms with van der Waals surface area (Å²) in [6, 6.07) is 4.34. The highest BCUT2D eigenvalue weighted by molar-refractivity contribution is 6.76. The van der Waals surface area contributed by atoms with Crippen LogP contribution in [0.3, 0.4) is 0 Å². The molecule has 5 nitrogen and oxygen atoms in total. The van der Waals surface area contributed by atoms with Crippen molar-refractivity contribution in [2.45, 2.75) is 59.2 Å². The molecule has 1 atom stereocenters. The predicted molar refractivity (Wildman–Crippen MR) is 94.1 cm³/mol. The van der Waals surface area contributed by atoms with E-state index in [0.29, 0.717) is 18.0 Å². The molecule has 2 N–H and O–H groups in total. The third-order valence-corrected chi connectivity index (χ3v) is 5.16. The number of aromatic nitrogens is 1. The summed E-state index contributed by atoms with van der Waals surface area (Å²) in [5, 5.41) is 20.2. The molecule has 1 heterocycles. The van der Waals surface area contributed by atoms with Gasteiger partial charge in [-0.15, -0.1) is 0 Å². The van der Waals surface area contributed by atoms with Gasteiger partial charge in [-0.1, -0.05) is 40.4 Å². The summed E-state index contributed by atoms with van der Waals surface area (Å²) < 4.78 is 10.9. The summed E-state index contributed by atoms with van der Waals surface area (Å²) >= 11 is 0. The van der Waals surface area contributed by atoms with Crippen molar-refractivity contribution >= 4 is 8.07 Å². The second kappa shape index (κ2) is 8.24. The van der Waals surface area contributed by atoms with Crippen molar-refractivity contribution in [2.24, 2.45) is 5.41 Å². The molecule has 23 heavy (non-hydrogen) atoms. The lowest BCUT2D eigenvalue weighted by Crippen LogP contribution is -2.22. The van der Waals surface area contributed by atoms with Gasteiger partial charge in [0, 0.05) is 14.7 Å². The number of ether oxygens (including phenoxy) is 2. The molecule has 1 aromatic heterocycles. The lowest BCUT2D eigenvalue weighted by Gasteiger charge is -2.26. The Morgan fingerprint density at radius 3 is 2.39 bits per heavy atom. The minimum atomic E-state index is -1.07. The van der Waals surface area contributed by atoms with Crippen LogP contribution in [-0.2, 0) is 16.1 Å². The van der Waals surface area contributed by atoms with E-state index in [1.807, 2.05) is 20.8 Å². The Hall–Kier alpha value is -0.953.